The molecule has 5 heteroatoms. The number of hydrogen-bond donors (Lipinski definition) is 0. The van der Waals surface area contributed by atoms with Gasteiger partial charge in [0.15, 0.2) is 5.75 Å². The summed E-state index contributed by atoms with van der Waals surface area (Å²) in [5, 5.41) is 10.7. The molecule has 0 radical (unpaired) electrons. The molecule has 1 aromatic rings. The smallest absolute Gasteiger partial charge is 0.310 e. The second kappa shape index (κ2) is 5.98. The second-order valence-corrected chi connectivity index (χ2v) is 3.56. The molecule has 0 saturated carbocycles. The SMILES string of the molecule is CCOc1cc(CC(=O)CC)ccc1[N+](=O)[O-]. The highest BCUT2D eigenvalue weighted by Crippen LogP contribution is 2.28. The van der Waals surface area contributed by atoms with Crippen LogP contribution in [-0.4, -0.2) is 17.3 Å². The first-order chi connectivity index (χ1) is 8.08. The maximum Gasteiger partial charge on any atom is 0.310 e. The van der Waals surface area contributed by atoms with Crippen molar-refractivity contribution in [3.05, 3.63) is 33.9 Å². The molecule has 0 aromatic heterocycles. The van der Waals surface area contributed by atoms with Crippen LogP contribution in [0.25, 0.3) is 0 Å². The van der Waals surface area contributed by atoms with Crippen molar-refractivity contribution in [1.82, 2.24) is 0 Å². The molecule has 0 N–H and O–H groups in total. The minimum Gasteiger partial charge on any atom is -0.487 e. The van der Waals surface area contributed by atoms with E-state index in [0.29, 0.717) is 13.0 Å². The van der Waals surface area contributed by atoms with Gasteiger partial charge in [-0.05, 0) is 18.6 Å². The molecule has 0 spiro atoms. The fourth-order valence-corrected chi connectivity index (χ4v) is 1.44. The summed E-state index contributed by atoms with van der Waals surface area (Å²) in [6.45, 7) is 3.90. The zero-order valence-electron chi connectivity index (χ0n) is 9.93. The number of nitrogens with zero attached hydrogens (tertiary/aromatic N) is 1. The quantitative estimate of drug-likeness (QED) is 0.563. The van der Waals surface area contributed by atoms with Crippen LogP contribution in [0.4, 0.5) is 5.69 Å². The Balaban J connectivity index is 3.00. The minimum atomic E-state index is -0.490. The van der Waals surface area contributed by atoms with Gasteiger partial charge < -0.3 is 4.74 Å². The predicted molar refractivity (Wildman–Crippen MR) is 63.3 cm³/mol. The number of ether oxygens (including phenoxy) is 1. The fourth-order valence-electron chi connectivity index (χ4n) is 1.44. The van der Waals surface area contributed by atoms with E-state index >= 15 is 0 Å². The van der Waals surface area contributed by atoms with Crippen LogP contribution in [0, 0.1) is 10.1 Å². The molecule has 17 heavy (non-hydrogen) atoms. The Kier molecular flexibility index (Phi) is 4.63. The van der Waals surface area contributed by atoms with E-state index in [0.717, 1.165) is 5.56 Å². The number of carbonyl (C=O) groups is 1. The average molecular weight is 237 g/mol. The van der Waals surface area contributed by atoms with Crippen molar-refractivity contribution in [2.24, 2.45) is 0 Å². The number of Topliss-reactive ketones (excluding diaryl/α,β-unsaturated/α-hetero) is 1. The van der Waals surface area contributed by atoms with E-state index in [1.54, 1.807) is 26.0 Å². The van der Waals surface area contributed by atoms with Crippen LogP contribution in [0.5, 0.6) is 5.75 Å². The number of rotatable bonds is 6. The van der Waals surface area contributed by atoms with Crippen LogP contribution >= 0.6 is 0 Å². The van der Waals surface area contributed by atoms with Crippen molar-refractivity contribution >= 4 is 11.5 Å². The van der Waals surface area contributed by atoms with Crippen LogP contribution < -0.4 is 4.74 Å². The van der Waals surface area contributed by atoms with Gasteiger partial charge in [0, 0.05) is 18.9 Å². The van der Waals surface area contributed by atoms with Crippen molar-refractivity contribution in [2.75, 3.05) is 6.61 Å². The number of carbonyl (C=O) groups excluding carboxylic acids is 1. The number of ketones is 1. The van der Waals surface area contributed by atoms with E-state index in [4.69, 9.17) is 4.74 Å². The van der Waals surface area contributed by atoms with Gasteiger partial charge in [0.25, 0.3) is 0 Å². The Morgan fingerprint density at radius 2 is 2.12 bits per heavy atom. The summed E-state index contributed by atoms with van der Waals surface area (Å²) in [6, 6.07) is 4.53. The molecule has 0 fully saturated rings. The highest BCUT2D eigenvalue weighted by molar-refractivity contribution is 5.80. The molecule has 0 bridgehead atoms. The van der Waals surface area contributed by atoms with Crippen LogP contribution in [-0.2, 0) is 11.2 Å². The molecule has 1 aromatic carbocycles. The minimum absolute atomic E-state index is 0.0699. The number of nitro benzene ring substituents is 1. The molecule has 0 unspecified atom stereocenters. The van der Waals surface area contributed by atoms with Gasteiger partial charge in [-0.15, -0.1) is 0 Å². The Morgan fingerprint density at radius 1 is 1.41 bits per heavy atom. The Labute approximate surface area is 99.5 Å². The molecule has 0 saturated heterocycles. The van der Waals surface area contributed by atoms with Crippen LogP contribution in [0.2, 0.25) is 0 Å². The monoisotopic (exact) mass is 237 g/mol. The molecule has 0 aliphatic rings. The van der Waals surface area contributed by atoms with Gasteiger partial charge in [-0.1, -0.05) is 13.0 Å². The van der Waals surface area contributed by atoms with E-state index in [-0.39, 0.29) is 23.6 Å². The molecule has 0 atom stereocenters. The maximum atomic E-state index is 11.3. The molecule has 1 rings (SSSR count). The number of benzene rings is 1. The third kappa shape index (κ3) is 3.55. The average Bonchev–Trinajstić information content (AvgIpc) is 2.29. The molecule has 5 nitrogen and oxygen atoms in total. The summed E-state index contributed by atoms with van der Waals surface area (Å²) in [7, 11) is 0. The van der Waals surface area contributed by atoms with Crippen molar-refractivity contribution in [3.63, 3.8) is 0 Å². The summed E-state index contributed by atoms with van der Waals surface area (Å²) in [4.78, 5) is 21.5. The van der Waals surface area contributed by atoms with Crippen molar-refractivity contribution in [2.45, 2.75) is 26.7 Å². The lowest BCUT2D eigenvalue weighted by atomic mass is 10.1. The Morgan fingerprint density at radius 3 is 2.65 bits per heavy atom. The molecule has 0 aliphatic carbocycles. The largest absolute Gasteiger partial charge is 0.487 e. The van der Waals surface area contributed by atoms with Gasteiger partial charge >= 0.3 is 5.69 Å². The molecule has 0 aliphatic heterocycles. The van der Waals surface area contributed by atoms with E-state index in [1.165, 1.54) is 6.07 Å². The predicted octanol–water partition coefficient (Wildman–Crippen LogP) is 2.52. The van der Waals surface area contributed by atoms with Crippen molar-refractivity contribution < 1.29 is 14.5 Å². The van der Waals surface area contributed by atoms with Gasteiger partial charge in [0.05, 0.1) is 11.5 Å². The third-order valence-corrected chi connectivity index (χ3v) is 2.32. The number of nitro groups is 1. The van der Waals surface area contributed by atoms with Crippen molar-refractivity contribution in [3.8, 4) is 5.75 Å². The van der Waals surface area contributed by atoms with E-state index in [9.17, 15) is 14.9 Å². The lowest BCUT2D eigenvalue weighted by molar-refractivity contribution is -0.385. The van der Waals surface area contributed by atoms with Gasteiger partial charge in [0.2, 0.25) is 0 Å². The molecule has 92 valence electrons. The first kappa shape index (κ1) is 13.2. The summed E-state index contributed by atoms with van der Waals surface area (Å²) in [6.07, 6.45) is 0.746. The highest BCUT2D eigenvalue weighted by atomic mass is 16.6. The lowest BCUT2D eigenvalue weighted by Gasteiger charge is -2.06. The Bertz CT molecular complexity index is 429. The summed E-state index contributed by atoms with van der Waals surface area (Å²) >= 11 is 0. The normalized spacial score (nSPS) is 10.0. The summed E-state index contributed by atoms with van der Waals surface area (Å²) in [5.41, 5.74) is 0.672. The molecule has 0 amide bonds. The lowest BCUT2D eigenvalue weighted by Crippen LogP contribution is -2.03. The summed E-state index contributed by atoms with van der Waals surface area (Å²) in [5.74, 6) is 0.320. The molecular formula is C12H15NO4. The van der Waals surface area contributed by atoms with Gasteiger partial charge in [-0.3, -0.25) is 14.9 Å². The zero-order chi connectivity index (χ0) is 12.8. The Hall–Kier alpha value is -1.91. The second-order valence-electron chi connectivity index (χ2n) is 3.56. The number of hydrogen-bond acceptors (Lipinski definition) is 4. The zero-order valence-corrected chi connectivity index (χ0v) is 9.93. The van der Waals surface area contributed by atoms with Crippen LogP contribution in [0.3, 0.4) is 0 Å². The van der Waals surface area contributed by atoms with E-state index < -0.39 is 4.92 Å². The first-order valence-electron chi connectivity index (χ1n) is 5.50. The summed E-state index contributed by atoms with van der Waals surface area (Å²) < 4.78 is 5.20. The van der Waals surface area contributed by atoms with E-state index in [1.807, 2.05) is 0 Å². The van der Waals surface area contributed by atoms with Gasteiger partial charge in [-0.25, -0.2) is 0 Å². The third-order valence-electron chi connectivity index (χ3n) is 2.32. The standard InChI is InChI=1S/C12H15NO4/c1-3-10(14)7-9-5-6-11(13(15)16)12(8-9)17-4-2/h5-6,8H,3-4,7H2,1-2H3. The maximum absolute atomic E-state index is 11.3. The van der Waals surface area contributed by atoms with E-state index in [2.05, 4.69) is 0 Å². The molecular weight excluding hydrogens is 222 g/mol. The van der Waals surface area contributed by atoms with Crippen molar-refractivity contribution in [1.29, 1.82) is 0 Å². The highest BCUT2D eigenvalue weighted by Gasteiger charge is 2.15. The van der Waals surface area contributed by atoms with Gasteiger partial charge in [0.1, 0.15) is 5.78 Å². The van der Waals surface area contributed by atoms with Crippen LogP contribution in [0.15, 0.2) is 18.2 Å². The molecule has 0 heterocycles. The fraction of sp³-hybridized carbons (Fsp3) is 0.417. The van der Waals surface area contributed by atoms with Gasteiger partial charge in [-0.2, -0.15) is 0 Å². The first-order valence-corrected chi connectivity index (χ1v) is 5.50. The van der Waals surface area contributed by atoms with Crippen LogP contribution in [0.1, 0.15) is 25.8 Å². The topological polar surface area (TPSA) is 69.4 Å².